The second-order valence-corrected chi connectivity index (χ2v) is 7.79. The van der Waals surface area contributed by atoms with Gasteiger partial charge in [-0.15, -0.1) is 0 Å². The summed E-state index contributed by atoms with van der Waals surface area (Å²) >= 11 is 3.29. The number of amides is 1. The normalized spacial score (nSPS) is 17.3. The average Bonchev–Trinajstić information content (AvgIpc) is 3.00. The predicted molar refractivity (Wildman–Crippen MR) is 95.4 cm³/mol. The van der Waals surface area contributed by atoms with Crippen LogP contribution >= 0.6 is 15.9 Å². The second kappa shape index (κ2) is 7.99. The fraction of sp³-hybridized carbons (Fsp3) is 0.500. The Morgan fingerprint density at radius 2 is 2.00 bits per heavy atom. The second-order valence-electron chi connectivity index (χ2n) is 6.87. The first-order valence-electron chi connectivity index (χ1n) is 8.12. The average molecular weight is 412 g/mol. The van der Waals surface area contributed by atoms with Gasteiger partial charge < -0.3 is 9.47 Å². The Morgan fingerprint density at radius 1 is 1.28 bits per heavy atom. The molecular formula is C18H22BrNO5. The van der Waals surface area contributed by atoms with Gasteiger partial charge in [0.15, 0.2) is 12.4 Å². The lowest BCUT2D eigenvalue weighted by Crippen LogP contribution is -2.44. The van der Waals surface area contributed by atoms with Crippen LogP contribution in [0.15, 0.2) is 28.7 Å². The Labute approximate surface area is 155 Å². The van der Waals surface area contributed by atoms with Crippen molar-refractivity contribution in [3.8, 4) is 0 Å². The molecule has 1 aromatic rings. The summed E-state index contributed by atoms with van der Waals surface area (Å²) in [7, 11) is 0. The molecule has 7 heteroatoms. The number of Topliss-reactive ketones (excluding diaryl/α,β-unsaturated/α-hetero) is 1. The van der Waals surface area contributed by atoms with Gasteiger partial charge in [0.1, 0.15) is 11.6 Å². The molecule has 1 saturated heterocycles. The van der Waals surface area contributed by atoms with Crippen LogP contribution in [0.5, 0.6) is 0 Å². The number of nitrogens with zero attached hydrogens (tertiary/aromatic N) is 1. The van der Waals surface area contributed by atoms with Crippen molar-refractivity contribution in [2.45, 2.75) is 45.3 Å². The van der Waals surface area contributed by atoms with Crippen LogP contribution in [0.4, 0.5) is 4.79 Å². The van der Waals surface area contributed by atoms with Gasteiger partial charge in [0.25, 0.3) is 0 Å². The number of ketones is 1. The number of rotatable bonds is 4. The lowest BCUT2D eigenvalue weighted by atomic mass is 10.1. The molecule has 0 aromatic heterocycles. The van der Waals surface area contributed by atoms with Crippen molar-refractivity contribution >= 4 is 33.8 Å². The highest BCUT2D eigenvalue weighted by Gasteiger charge is 2.37. The van der Waals surface area contributed by atoms with E-state index < -0.39 is 23.7 Å². The van der Waals surface area contributed by atoms with Gasteiger partial charge in [0.05, 0.1) is 0 Å². The van der Waals surface area contributed by atoms with E-state index >= 15 is 0 Å². The molecular weight excluding hydrogens is 390 g/mol. The first-order chi connectivity index (χ1) is 11.7. The number of likely N-dealkylation sites (tertiary alicyclic amines) is 1. The number of carbonyl (C=O) groups is 3. The molecule has 0 aliphatic carbocycles. The Bertz CT molecular complexity index is 668. The smallest absolute Gasteiger partial charge is 0.411 e. The lowest BCUT2D eigenvalue weighted by molar-refractivity contribution is -0.147. The monoisotopic (exact) mass is 411 g/mol. The fourth-order valence-electron chi connectivity index (χ4n) is 2.53. The van der Waals surface area contributed by atoms with Crippen LogP contribution in [-0.2, 0) is 14.3 Å². The highest BCUT2D eigenvalue weighted by atomic mass is 79.9. The summed E-state index contributed by atoms with van der Waals surface area (Å²) < 4.78 is 11.2. The number of ether oxygens (including phenoxy) is 2. The van der Waals surface area contributed by atoms with E-state index in [1.54, 1.807) is 45.0 Å². The summed E-state index contributed by atoms with van der Waals surface area (Å²) in [6.45, 7) is 5.39. The van der Waals surface area contributed by atoms with Crippen LogP contribution in [0.1, 0.15) is 44.0 Å². The fourth-order valence-corrected chi connectivity index (χ4v) is 2.93. The Morgan fingerprint density at radius 3 is 2.64 bits per heavy atom. The summed E-state index contributed by atoms with van der Waals surface area (Å²) in [5.41, 5.74) is -0.178. The Balaban J connectivity index is 1.93. The van der Waals surface area contributed by atoms with E-state index in [0.29, 0.717) is 24.9 Å². The predicted octanol–water partition coefficient (Wildman–Crippen LogP) is 3.57. The van der Waals surface area contributed by atoms with Gasteiger partial charge in [-0.05, 0) is 45.7 Å². The highest BCUT2D eigenvalue weighted by molar-refractivity contribution is 9.10. The number of esters is 1. The van der Waals surface area contributed by atoms with E-state index in [4.69, 9.17) is 9.47 Å². The quantitative estimate of drug-likeness (QED) is 0.559. The molecule has 1 amide bonds. The molecule has 1 aliphatic rings. The van der Waals surface area contributed by atoms with Crippen LogP contribution < -0.4 is 0 Å². The molecule has 1 atom stereocenters. The molecule has 0 radical (unpaired) electrons. The summed E-state index contributed by atoms with van der Waals surface area (Å²) in [5, 5.41) is 0. The zero-order valence-electron chi connectivity index (χ0n) is 14.6. The lowest BCUT2D eigenvalue weighted by Gasteiger charge is -2.27. The van der Waals surface area contributed by atoms with Crippen LogP contribution in [0, 0.1) is 0 Å². The van der Waals surface area contributed by atoms with Crippen LogP contribution in [0.3, 0.4) is 0 Å². The first kappa shape index (κ1) is 19.4. The topological polar surface area (TPSA) is 72.9 Å². The van der Waals surface area contributed by atoms with E-state index in [-0.39, 0.29) is 12.4 Å². The van der Waals surface area contributed by atoms with E-state index in [9.17, 15) is 14.4 Å². The minimum absolute atomic E-state index is 0.295. The summed E-state index contributed by atoms with van der Waals surface area (Å²) in [6.07, 6.45) is 0.659. The Hall–Kier alpha value is -1.89. The number of halogens is 1. The third-order valence-electron chi connectivity index (χ3n) is 3.64. The standard InChI is InChI=1S/C18H22BrNO5/c1-18(2,3)25-17(23)20-9-5-8-14(20)16(22)24-11-15(21)12-6-4-7-13(19)10-12/h4,6-7,10,14H,5,8-9,11H2,1-3H3/t14-/m0/s1. The minimum Gasteiger partial charge on any atom is -0.456 e. The van der Waals surface area contributed by atoms with E-state index in [0.717, 1.165) is 4.47 Å². The largest absolute Gasteiger partial charge is 0.456 e. The van der Waals surface area contributed by atoms with Gasteiger partial charge in [0.2, 0.25) is 0 Å². The van der Waals surface area contributed by atoms with Crippen LogP contribution in [0.25, 0.3) is 0 Å². The van der Waals surface area contributed by atoms with Crippen molar-refractivity contribution < 1.29 is 23.9 Å². The van der Waals surface area contributed by atoms with Gasteiger partial charge in [-0.3, -0.25) is 9.69 Å². The minimum atomic E-state index is -0.704. The van der Waals surface area contributed by atoms with Crippen molar-refractivity contribution in [1.29, 1.82) is 0 Å². The van der Waals surface area contributed by atoms with Gasteiger partial charge in [0, 0.05) is 16.6 Å². The molecule has 0 unspecified atom stereocenters. The third-order valence-corrected chi connectivity index (χ3v) is 4.14. The highest BCUT2D eigenvalue weighted by Crippen LogP contribution is 2.22. The molecule has 0 N–H and O–H groups in total. The maximum absolute atomic E-state index is 12.3. The van der Waals surface area contributed by atoms with E-state index in [2.05, 4.69) is 15.9 Å². The van der Waals surface area contributed by atoms with Gasteiger partial charge >= 0.3 is 12.1 Å². The summed E-state index contributed by atoms with van der Waals surface area (Å²) in [6, 6.07) is 6.16. The third kappa shape index (κ3) is 5.56. The number of hydrogen-bond acceptors (Lipinski definition) is 5. The van der Waals surface area contributed by atoms with Crippen molar-refractivity contribution in [3.63, 3.8) is 0 Å². The number of benzene rings is 1. The molecule has 0 bridgehead atoms. The zero-order chi connectivity index (χ0) is 18.6. The molecule has 1 fully saturated rings. The van der Waals surface area contributed by atoms with Crippen molar-refractivity contribution in [2.24, 2.45) is 0 Å². The van der Waals surface area contributed by atoms with Gasteiger partial charge in [-0.1, -0.05) is 28.1 Å². The van der Waals surface area contributed by atoms with Crippen molar-refractivity contribution in [1.82, 2.24) is 4.90 Å². The molecule has 0 spiro atoms. The summed E-state index contributed by atoms with van der Waals surface area (Å²) in [5.74, 6) is -0.872. The van der Waals surface area contributed by atoms with Gasteiger partial charge in [-0.2, -0.15) is 0 Å². The van der Waals surface area contributed by atoms with E-state index in [1.807, 2.05) is 0 Å². The summed E-state index contributed by atoms with van der Waals surface area (Å²) in [4.78, 5) is 38.0. The maximum Gasteiger partial charge on any atom is 0.411 e. The van der Waals surface area contributed by atoms with E-state index in [1.165, 1.54) is 4.90 Å². The molecule has 0 saturated carbocycles. The maximum atomic E-state index is 12.3. The SMILES string of the molecule is CC(C)(C)OC(=O)N1CCC[C@H]1C(=O)OCC(=O)c1cccc(Br)c1. The molecule has 136 valence electrons. The van der Waals surface area contributed by atoms with Crippen LogP contribution in [0.2, 0.25) is 0 Å². The first-order valence-corrected chi connectivity index (χ1v) is 8.92. The molecule has 1 aromatic carbocycles. The van der Waals surface area contributed by atoms with Crippen molar-refractivity contribution in [3.05, 3.63) is 34.3 Å². The number of hydrogen-bond donors (Lipinski definition) is 0. The zero-order valence-corrected chi connectivity index (χ0v) is 16.2. The van der Waals surface area contributed by atoms with Crippen molar-refractivity contribution in [2.75, 3.05) is 13.2 Å². The molecule has 1 aliphatic heterocycles. The van der Waals surface area contributed by atoms with Crippen LogP contribution in [-0.4, -0.2) is 47.5 Å². The van der Waals surface area contributed by atoms with Gasteiger partial charge in [-0.25, -0.2) is 9.59 Å². The molecule has 1 heterocycles. The Kier molecular flexibility index (Phi) is 6.21. The molecule has 6 nitrogen and oxygen atoms in total. The molecule has 2 rings (SSSR count). The number of carbonyl (C=O) groups excluding carboxylic acids is 3. The molecule has 25 heavy (non-hydrogen) atoms.